The molecule has 1 aliphatic heterocycles. The quantitative estimate of drug-likeness (QED) is 0.363. The summed E-state index contributed by atoms with van der Waals surface area (Å²) in [6, 6.07) is 18.7. The summed E-state index contributed by atoms with van der Waals surface area (Å²) in [7, 11) is -4.29. The van der Waals surface area contributed by atoms with Gasteiger partial charge in [0, 0.05) is 18.0 Å². The van der Waals surface area contributed by atoms with Crippen LogP contribution in [0, 0.1) is 0 Å². The number of aryl methyl sites for hydroxylation is 1. The van der Waals surface area contributed by atoms with Gasteiger partial charge in [0.05, 0.1) is 21.7 Å². The van der Waals surface area contributed by atoms with Crippen molar-refractivity contribution >= 4 is 45.0 Å². The summed E-state index contributed by atoms with van der Waals surface area (Å²) < 4.78 is 27.9. The zero-order valence-corrected chi connectivity index (χ0v) is 21.3. The molecule has 0 saturated carbocycles. The number of anilines is 1. The lowest BCUT2D eigenvalue weighted by Gasteiger charge is -2.24. The van der Waals surface area contributed by atoms with Gasteiger partial charge in [-0.2, -0.15) is 0 Å². The lowest BCUT2D eigenvalue weighted by atomic mass is 10.1. The second-order valence-corrected chi connectivity index (χ2v) is 10.7. The first-order valence-electron chi connectivity index (χ1n) is 11.6. The number of imide groups is 1. The molecule has 4 rings (SSSR count). The zero-order chi connectivity index (χ0) is 25.9. The highest BCUT2D eigenvalue weighted by Gasteiger charge is 2.37. The van der Waals surface area contributed by atoms with Crippen LogP contribution in [0.3, 0.4) is 0 Å². The summed E-state index contributed by atoms with van der Waals surface area (Å²) in [5.41, 5.74) is 1.74. The molecule has 3 aromatic carbocycles. The molecule has 3 aromatic rings. The van der Waals surface area contributed by atoms with Crippen molar-refractivity contribution in [1.29, 1.82) is 0 Å². The van der Waals surface area contributed by atoms with Gasteiger partial charge in [-0.1, -0.05) is 49.2 Å². The molecule has 0 spiro atoms. The summed E-state index contributed by atoms with van der Waals surface area (Å²) in [5, 5.41) is 0.359. The van der Waals surface area contributed by atoms with Crippen LogP contribution in [0.1, 0.15) is 52.5 Å². The van der Waals surface area contributed by atoms with Crippen LogP contribution in [0.25, 0.3) is 0 Å². The van der Waals surface area contributed by atoms with Crippen molar-refractivity contribution < 1.29 is 22.8 Å². The zero-order valence-electron chi connectivity index (χ0n) is 19.7. The number of amides is 3. The van der Waals surface area contributed by atoms with Gasteiger partial charge in [-0.15, -0.1) is 0 Å². The lowest BCUT2D eigenvalue weighted by Crippen LogP contribution is -2.40. The maximum absolute atomic E-state index is 13.6. The molecule has 7 nitrogen and oxygen atoms in total. The van der Waals surface area contributed by atoms with E-state index >= 15 is 0 Å². The van der Waals surface area contributed by atoms with Crippen molar-refractivity contribution in [3.63, 3.8) is 0 Å². The molecule has 0 saturated heterocycles. The highest BCUT2D eigenvalue weighted by atomic mass is 35.5. The number of sulfonamides is 1. The fourth-order valence-corrected chi connectivity index (χ4v) is 5.63. The van der Waals surface area contributed by atoms with E-state index in [2.05, 4.69) is 6.92 Å². The van der Waals surface area contributed by atoms with Gasteiger partial charge < -0.3 is 0 Å². The molecule has 0 unspecified atom stereocenters. The third kappa shape index (κ3) is 5.05. The lowest BCUT2D eigenvalue weighted by molar-refractivity contribution is -0.117. The molecule has 1 aliphatic rings. The van der Waals surface area contributed by atoms with Gasteiger partial charge in [0.2, 0.25) is 5.91 Å². The number of halogens is 1. The highest BCUT2D eigenvalue weighted by Crippen LogP contribution is 2.28. The van der Waals surface area contributed by atoms with E-state index in [0.29, 0.717) is 5.02 Å². The van der Waals surface area contributed by atoms with Crippen molar-refractivity contribution in [3.8, 4) is 0 Å². The molecule has 9 heteroatoms. The third-order valence-corrected chi connectivity index (χ3v) is 8.01. The number of fused-ring (bicyclic) bond motifs is 1. The number of hydrogen-bond acceptors (Lipinski definition) is 5. The molecule has 0 radical (unpaired) electrons. The summed E-state index contributed by atoms with van der Waals surface area (Å²) in [6.07, 6.45) is 2.49. The second kappa shape index (κ2) is 10.6. The molecule has 0 aliphatic carbocycles. The van der Waals surface area contributed by atoms with Crippen molar-refractivity contribution in [1.82, 2.24) is 4.90 Å². The van der Waals surface area contributed by atoms with Gasteiger partial charge in [0.15, 0.2) is 0 Å². The molecule has 3 amide bonds. The molecule has 1 heterocycles. The Morgan fingerprint density at radius 2 is 1.47 bits per heavy atom. The first-order chi connectivity index (χ1) is 17.2. The number of nitrogens with zero attached hydrogens (tertiary/aromatic N) is 2. The fourth-order valence-electron chi connectivity index (χ4n) is 4.06. The number of benzene rings is 3. The highest BCUT2D eigenvalue weighted by molar-refractivity contribution is 7.93. The standard InChI is InChI=1S/C27H25ClN2O5S/c1-2-3-6-19-9-13-21(14-10-19)30(36(34,35)22-15-11-20(28)12-16-22)25(31)17-18-29-26(32)23-7-4-5-8-24(23)27(29)33/h4-5,7-16H,2-3,6,17-18H2,1H3. The van der Waals surface area contributed by atoms with Crippen LogP contribution in [-0.4, -0.2) is 37.6 Å². The molecule has 0 atom stereocenters. The Morgan fingerprint density at radius 1 is 0.889 bits per heavy atom. The van der Waals surface area contributed by atoms with Gasteiger partial charge >= 0.3 is 0 Å². The number of hydrogen-bond donors (Lipinski definition) is 0. The van der Waals surface area contributed by atoms with Gasteiger partial charge in [-0.3, -0.25) is 19.3 Å². The van der Waals surface area contributed by atoms with Crippen LogP contribution >= 0.6 is 11.6 Å². The Bertz CT molecular complexity index is 1370. The van der Waals surface area contributed by atoms with Crippen LogP contribution in [0.2, 0.25) is 5.02 Å². The Kier molecular flexibility index (Phi) is 7.56. The number of carbonyl (C=O) groups excluding carboxylic acids is 3. The SMILES string of the molecule is CCCCc1ccc(N(C(=O)CCN2C(=O)c3ccccc3C2=O)S(=O)(=O)c2ccc(Cl)cc2)cc1. The van der Waals surface area contributed by atoms with E-state index in [1.165, 1.54) is 24.3 Å². The van der Waals surface area contributed by atoms with E-state index in [1.54, 1.807) is 48.5 Å². The second-order valence-electron chi connectivity index (χ2n) is 8.44. The summed E-state index contributed by atoms with van der Waals surface area (Å²) in [4.78, 5) is 39.6. The van der Waals surface area contributed by atoms with E-state index in [4.69, 9.17) is 11.6 Å². The Balaban J connectivity index is 1.62. The van der Waals surface area contributed by atoms with E-state index in [9.17, 15) is 22.8 Å². The van der Waals surface area contributed by atoms with Gasteiger partial charge in [-0.05, 0) is 66.9 Å². The minimum Gasteiger partial charge on any atom is -0.274 e. The van der Waals surface area contributed by atoms with Crippen LogP contribution in [0.15, 0.2) is 77.7 Å². The predicted molar refractivity (Wildman–Crippen MR) is 138 cm³/mol. The molecule has 36 heavy (non-hydrogen) atoms. The van der Waals surface area contributed by atoms with Crippen molar-refractivity contribution in [2.75, 3.05) is 10.8 Å². The number of carbonyl (C=O) groups is 3. The molecule has 0 bridgehead atoms. The molecular weight excluding hydrogens is 500 g/mol. The first kappa shape index (κ1) is 25.6. The Labute approximate surface area is 215 Å². The normalized spacial score (nSPS) is 13.1. The van der Waals surface area contributed by atoms with E-state index in [1.807, 2.05) is 0 Å². The van der Waals surface area contributed by atoms with Gasteiger partial charge in [0.1, 0.15) is 0 Å². The molecule has 0 aromatic heterocycles. The predicted octanol–water partition coefficient (Wildman–Crippen LogP) is 5.09. The smallest absolute Gasteiger partial charge is 0.270 e. The molecular formula is C27H25ClN2O5S. The maximum Gasteiger partial charge on any atom is 0.270 e. The van der Waals surface area contributed by atoms with Crippen LogP contribution in [0.5, 0.6) is 0 Å². The van der Waals surface area contributed by atoms with E-state index in [0.717, 1.165) is 34.0 Å². The average Bonchev–Trinajstić information content (AvgIpc) is 3.12. The number of rotatable bonds is 9. The Hall–Kier alpha value is -3.49. The maximum atomic E-state index is 13.6. The monoisotopic (exact) mass is 524 g/mol. The summed E-state index contributed by atoms with van der Waals surface area (Å²) in [6.45, 7) is 1.84. The van der Waals surface area contributed by atoms with Gasteiger partial charge in [-0.25, -0.2) is 12.7 Å². The van der Waals surface area contributed by atoms with Crippen molar-refractivity contribution in [3.05, 3.63) is 94.5 Å². The average molecular weight is 525 g/mol. The van der Waals surface area contributed by atoms with Crippen molar-refractivity contribution in [2.24, 2.45) is 0 Å². The topological polar surface area (TPSA) is 91.8 Å². The van der Waals surface area contributed by atoms with E-state index in [-0.39, 0.29) is 34.7 Å². The van der Waals surface area contributed by atoms with Crippen molar-refractivity contribution in [2.45, 2.75) is 37.5 Å². The van der Waals surface area contributed by atoms with Crippen LogP contribution in [0.4, 0.5) is 5.69 Å². The largest absolute Gasteiger partial charge is 0.274 e. The molecule has 0 N–H and O–H groups in total. The number of unbranched alkanes of at least 4 members (excludes halogenated alkanes) is 1. The minimum atomic E-state index is -4.29. The fraction of sp³-hybridized carbons (Fsp3) is 0.222. The minimum absolute atomic E-state index is 0.101. The first-order valence-corrected chi connectivity index (χ1v) is 13.4. The van der Waals surface area contributed by atoms with Gasteiger partial charge in [0.25, 0.3) is 21.8 Å². The third-order valence-electron chi connectivity index (χ3n) is 6.00. The van der Waals surface area contributed by atoms with Crippen LogP contribution in [-0.2, 0) is 21.2 Å². The summed E-state index contributed by atoms with van der Waals surface area (Å²) in [5.74, 6) is -1.77. The Morgan fingerprint density at radius 3 is 2.03 bits per heavy atom. The summed E-state index contributed by atoms with van der Waals surface area (Å²) >= 11 is 5.92. The molecule has 0 fully saturated rings. The van der Waals surface area contributed by atoms with E-state index < -0.39 is 27.7 Å². The van der Waals surface area contributed by atoms with Crippen LogP contribution < -0.4 is 4.31 Å². The molecule has 186 valence electrons.